The quantitative estimate of drug-likeness (QED) is 0.247. The highest BCUT2D eigenvalue weighted by molar-refractivity contribution is 5.47. The van der Waals surface area contributed by atoms with Crippen molar-refractivity contribution in [2.45, 2.75) is 17.9 Å². The number of ether oxygens (including phenoxy) is 2. The van der Waals surface area contributed by atoms with Crippen molar-refractivity contribution in [3.05, 3.63) is 166 Å². The molecular formula is C30H28N2O4. The fraction of sp³-hybridized carbons (Fsp3) is 0.133. The lowest BCUT2D eigenvalue weighted by Gasteiger charge is -2.37. The number of hydrogen-bond donors (Lipinski definition) is 1. The fourth-order valence-electron chi connectivity index (χ4n) is 4.18. The molecule has 4 rings (SSSR count). The van der Waals surface area contributed by atoms with Crippen LogP contribution in [-0.2, 0) is 15.1 Å². The molecule has 6 nitrogen and oxygen atoms in total. The SMILES string of the molecule is C=C[C@@H](COC(c1ccccc1)(c1ccccc1)c1ccccc1)O[C@H](C=C)n1ccc(=O)[nH]c1=O. The zero-order chi connectivity index (χ0) is 25.4. The Balaban J connectivity index is 1.72. The summed E-state index contributed by atoms with van der Waals surface area (Å²) < 4.78 is 14.2. The molecule has 0 saturated carbocycles. The minimum Gasteiger partial charge on any atom is -0.358 e. The van der Waals surface area contributed by atoms with E-state index in [-0.39, 0.29) is 6.61 Å². The van der Waals surface area contributed by atoms with E-state index in [0.29, 0.717) is 0 Å². The summed E-state index contributed by atoms with van der Waals surface area (Å²) in [5.41, 5.74) is 0.878. The lowest BCUT2D eigenvalue weighted by Crippen LogP contribution is -2.37. The summed E-state index contributed by atoms with van der Waals surface area (Å²) in [5, 5.41) is 0. The van der Waals surface area contributed by atoms with Gasteiger partial charge in [-0.15, -0.1) is 6.58 Å². The lowest BCUT2D eigenvalue weighted by atomic mass is 9.80. The third-order valence-corrected chi connectivity index (χ3v) is 5.91. The Morgan fingerprint density at radius 2 is 1.28 bits per heavy atom. The Morgan fingerprint density at radius 3 is 1.69 bits per heavy atom. The molecule has 6 heteroatoms. The average Bonchev–Trinajstić information content (AvgIpc) is 2.93. The predicted octanol–water partition coefficient (Wildman–Crippen LogP) is 4.80. The van der Waals surface area contributed by atoms with Crippen molar-refractivity contribution in [2.24, 2.45) is 0 Å². The van der Waals surface area contributed by atoms with E-state index in [9.17, 15) is 9.59 Å². The van der Waals surface area contributed by atoms with Crippen molar-refractivity contribution in [3.8, 4) is 0 Å². The van der Waals surface area contributed by atoms with Crippen molar-refractivity contribution in [2.75, 3.05) is 6.61 Å². The molecule has 0 amide bonds. The summed E-state index contributed by atoms with van der Waals surface area (Å²) in [6, 6.07) is 31.3. The minimum atomic E-state index is -0.924. The number of rotatable bonds is 11. The topological polar surface area (TPSA) is 73.3 Å². The van der Waals surface area contributed by atoms with E-state index < -0.39 is 29.2 Å². The third-order valence-electron chi connectivity index (χ3n) is 5.91. The molecule has 0 aliphatic heterocycles. The highest BCUT2D eigenvalue weighted by atomic mass is 16.6. The summed E-state index contributed by atoms with van der Waals surface area (Å²) in [6.45, 7) is 7.83. The van der Waals surface area contributed by atoms with E-state index in [1.165, 1.54) is 22.9 Å². The van der Waals surface area contributed by atoms with Crippen LogP contribution in [0.3, 0.4) is 0 Å². The van der Waals surface area contributed by atoms with Gasteiger partial charge >= 0.3 is 5.69 Å². The van der Waals surface area contributed by atoms with Crippen molar-refractivity contribution < 1.29 is 9.47 Å². The maximum atomic E-state index is 12.3. The first-order chi connectivity index (χ1) is 17.6. The molecule has 36 heavy (non-hydrogen) atoms. The molecule has 0 bridgehead atoms. The number of nitrogens with zero attached hydrogens (tertiary/aromatic N) is 1. The Hall–Kier alpha value is -4.26. The van der Waals surface area contributed by atoms with Gasteiger partial charge in [0.2, 0.25) is 0 Å². The molecule has 0 saturated heterocycles. The Bertz CT molecular complexity index is 1300. The molecule has 3 aromatic carbocycles. The van der Waals surface area contributed by atoms with Gasteiger partial charge in [0.1, 0.15) is 11.7 Å². The average molecular weight is 481 g/mol. The second-order valence-corrected chi connectivity index (χ2v) is 8.14. The minimum absolute atomic E-state index is 0.130. The Morgan fingerprint density at radius 1 is 0.778 bits per heavy atom. The maximum Gasteiger partial charge on any atom is 0.330 e. The van der Waals surface area contributed by atoms with Gasteiger partial charge in [-0.25, -0.2) is 4.79 Å². The standard InChI is InChI=1S/C30H28N2O4/c1-3-26(36-28(4-2)32-21-20-27(33)31-29(32)34)22-35-30(23-14-8-5-9-15-23,24-16-10-6-11-17-24)25-18-12-7-13-19-25/h3-21,26,28H,1-2,22H2,(H,31,33,34)/t26-,28+/m0/s1. The van der Waals surface area contributed by atoms with Gasteiger partial charge in [-0.05, 0) is 22.8 Å². The van der Waals surface area contributed by atoms with Gasteiger partial charge in [-0.3, -0.25) is 14.3 Å². The van der Waals surface area contributed by atoms with Gasteiger partial charge in [-0.2, -0.15) is 0 Å². The highest BCUT2D eigenvalue weighted by Crippen LogP contribution is 2.40. The summed E-state index contributed by atoms with van der Waals surface area (Å²) >= 11 is 0. The van der Waals surface area contributed by atoms with Crippen LogP contribution in [0.5, 0.6) is 0 Å². The first kappa shape index (κ1) is 24.9. The first-order valence-corrected chi connectivity index (χ1v) is 11.6. The van der Waals surface area contributed by atoms with E-state index in [4.69, 9.17) is 9.47 Å². The predicted molar refractivity (Wildman–Crippen MR) is 141 cm³/mol. The summed E-state index contributed by atoms with van der Waals surface area (Å²) in [4.78, 5) is 26.0. The van der Waals surface area contributed by atoms with Gasteiger partial charge in [0, 0.05) is 12.3 Å². The van der Waals surface area contributed by atoms with E-state index in [2.05, 4.69) is 18.1 Å². The zero-order valence-corrected chi connectivity index (χ0v) is 19.8. The first-order valence-electron chi connectivity index (χ1n) is 11.6. The van der Waals surface area contributed by atoms with Crippen molar-refractivity contribution in [1.82, 2.24) is 9.55 Å². The molecule has 0 spiro atoms. The van der Waals surface area contributed by atoms with Crippen LogP contribution in [0.2, 0.25) is 0 Å². The monoisotopic (exact) mass is 480 g/mol. The van der Waals surface area contributed by atoms with Crippen LogP contribution in [0.15, 0.2) is 138 Å². The van der Waals surface area contributed by atoms with Crippen LogP contribution < -0.4 is 11.2 Å². The van der Waals surface area contributed by atoms with Crippen LogP contribution in [0.25, 0.3) is 0 Å². The molecule has 1 N–H and O–H groups in total. The maximum absolute atomic E-state index is 12.3. The van der Waals surface area contributed by atoms with Crippen LogP contribution in [0.4, 0.5) is 0 Å². The van der Waals surface area contributed by atoms with Crippen LogP contribution in [0, 0.1) is 0 Å². The number of aromatic amines is 1. The zero-order valence-electron chi connectivity index (χ0n) is 19.8. The number of hydrogen-bond acceptors (Lipinski definition) is 4. The highest BCUT2D eigenvalue weighted by Gasteiger charge is 2.38. The van der Waals surface area contributed by atoms with E-state index >= 15 is 0 Å². The molecule has 182 valence electrons. The number of nitrogens with one attached hydrogen (secondary N) is 1. The normalized spacial score (nSPS) is 13.0. The van der Waals surface area contributed by atoms with Crippen LogP contribution >= 0.6 is 0 Å². The largest absolute Gasteiger partial charge is 0.358 e. The van der Waals surface area contributed by atoms with Crippen molar-refractivity contribution >= 4 is 0 Å². The van der Waals surface area contributed by atoms with Crippen LogP contribution in [0.1, 0.15) is 22.9 Å². The molecule has 1 aromatic heterocycles. The lowest BCUT2D eigenvalue weighted by molar-refractivity contribution is -0.0790. The van der Waals surface area contributed by atoms with Gasteiger partial charge in [-0.1, -0.05) is 104 Å². The number of H-pyrrole nitrogens is 1. The van der Waals surface area contributed by atoms with E-state index in [1.807, 2.05) is 91.0 Å². The number of aromatic nitrogens is 2. The van der Waals surface area contributed by atoms with E-state index in [0.717, 1.165) is 16.7 Å². The van der Waals surface area contributed by atoms with E-state index in [1.54, 1.807) is 6.08 Å². The second-order valence-electron chi connectivity index (χ2n) is 8.14. The molecule has 0 radical (unpaired) electrons. The third kappa shape index (κ3) is 5.20. The molecule has 1 heterocycles. The summed E-state index contributed by atoms with van der Waals surface area (Å²) in [7, 11) is 0. The molecule has 0 aliphatic rings. The molecule has 4 aromatic rings. The second kappa shape index (κ2) is 11.4. The summed E-state index contributed by atoms with van der Waals surface area (Å²) in [5.74, 6) is 0. The van der Waals surface area contributed by atoms with Crippen LogP contribution in [-0.4, -0.2) is 22.3 Å². The smallest absolute Gasteiger partial charge is 0.330 e. The summed E-state index contributed by atoms with van der Waals surface area (Å²) in [6.07, 6.45) is 3.05. The molecule has 0 aliphatic carbocycles. The van der Waals surface area contributed by atoms with Gasteiger partial charge in [0.15, 0.2) is 6.23 Å². The van der Waals surface area contributed by atoms with Crippen molar-refractivity contribution in [1.29, 1.82) is 0 Å². The van der Waals surface area contributed by atoms with Gasteiger partial charge in [0.25, 0.3) is 5.56 Å². The molecular weight excluding hydrogens is 452 g/mol. The molecule has 0 unspecified atom stereocenters. The fourth-order valence-corrected chi connectivity index (χ4v) is 4.18. The molecule has 2 atom stereocenters. The van der Waals surface area contributed by atoms with Gasteiger partial charge < -0.3 is 9.47 Å². The number of benzene rings is 3. The Kier molecular flexibility index (Phi) is 7.90. The Labute approximate surface area is 209 Å². The van der Waals surface area contributed by atoms with Crippen molar-refractivity contribution in [3.63, 3.8) is 0 Å². The molecule has 0 fully saturated rings. The van der Waals surface area contributed by atoms with Gasteiger partial charge in [0.05, 0.1) is 6.61 Å².